The third-order valence-corrected chi connectivity index (χ3v) is 6.08. The third kappa shape index (κ3) is 8.55. The van der Waals surface area contributed by atoms with Crippen LogP contribution in [0.25, 0.3) is 0 Å². The highest BCUT2D eigenvalue weighted by Gasteiger charge is 2.28. The first kappa shape index (κ1) is 28.8. The fourth-order valence-electron chi connectivity index (χ4n) is 3.72. The zero-order valence-electron chi connectivity index (χ0n) is 20.3. The molecule has 0 heterocycles. The monoisotopic (exact) mass is 468 g/mol. The van der Waals surface area contributed by atoms with E-state index in [1.165, 1.54) is 7.11 Å². The Balaban J connectivity index is 2.77. The topological polar surface area (TPSA) is 29.5 Å². The molecule has 0 fully saturated rings. The van der Waals surface area contributed by atoms with E-state index >= 15 is 0 Å². The molecule has 1 aliphatic carbocycles. The minimum absolute atomic E-state index is 0.119. The van der Waals surface area contributed by atoms with Gasteiger partial charge in [-0.25, -0.2) is 13.2 Å². The normalized spacial score (nSPS) is 18.6. The largest absolute Gasteiger partial charge is 0.494 e. The van der Waals surface area contributed by atoms with Crippen molar-refractivity contribution >= 4 is 0 Å². The van der Waals surface area contributed by atoms with Gasteiger partial charge in [0, 0.05) is 5.92 Å². The molecule has 0 aromatic rings. The van der Waals surface area contributed by atoms with E-state index < -0.39 is 35.2 Å². The summed E-state index contributed by atoms with van der Waals surface area (Å²) >= 11 is 0. The predicted octanol–water partition coefficient (Wildman–Crippen LogP) is 7.95. The summed E-state index contributed by atoms with van der Waals surface area (Å²) in [5, 5.41) is 9.43. The first-order valence-electron chi connectivity index (χ1n) is 11.3. The van der Waals surface area contributed by atoms with Crippen LogP contribution in [0.3, 0.4) is 0 Å². The number of allylic oxidation sites excluding steroid dienone is 7. The molecule has 0 saturated carbocycles. The Morgan fingerprint density at radius 1 is 0.909 bits per heavy atom. The second kappa shape index (κ2) is 13.4. The summed E-state index contributed by atoms with van der Waals surface area (Å²) in [6, 6.07) is 0. The van der Waals surface area contributed by atoms with Crippen LogP contribution in [0.2, 0.25) is 0 Å². The number of halogens is 4. The Bertz CT molecular complexity index is 884. The van der Waals surface area contributed by atoms with Crippen LogP contribution in [0.1, 0.15) is 66.2 Å². The second-order valence-corrected chi connectivity index (χ2v) is 8.89. The molecule has 0 aliphatic heterocycles. The Morgan fingerprint density at radius 3 is 1.85 bits per heavy atom. The zero-order valence-corrected chi connectivity index (χ0v) is 20.3. The molecule has 1 aliphatic rings. The molecule has 0 aromatic carbocycles. The van der Waals surface area contributed by atoms with Crippen molar-refractivity contribution < 1.29 is 27.4 Å². The highest BCUT2D eigenvalue weighted by Crippen LogP contribution is 2.40. The van der Waals surface area contributed by atoms with Crippen molar-refractivity contribution in [1.82, 2.24) is 0 Å². The predicted molar refractivity (Wildman–Crippen MR) is 125 cm³/mol. The molecular weight excluding hydrogens is 432 g/mol. The maximum absolute atomic E-state index is 14.8. The van der Waals surface area contributed by atoms with E-state index in [-0.39, 0.29) is 23.3 Å². The first-order valence-corrected chi connectivity index (χ1v) is 11.3. The van der Waals surface area contributed by atoms with Crippen LogP contribution in [-0.4, -0.2) is 18.3 Å². The van der Waals surface area contributed by atoms with Crippen molar-refractivity contribution in [3.63, 3.8) is 0 Å². The fraction of sp³-hybridized carbons (Fsp3) is 0.556. The number of rotatable bonds is 11. The average Bonchev–Trinajstić information content (AvgIpc) is 2.79. The molecule has 0 spiro atoms. The van der Waals surface area contributed by atoms with Crippen molar-refractivity contribution in [3.05, 3.63) is 58.9 Å². The van der Waals surface area contributed by atoms with Gasteiger partial charge in [-0.05, 0) is 68.4 Å². The van der Waals surface area contributed by atoms with Gasteiger partial charge in [0.05, 0.1) is 18.8 Å². The smallest absolute Gasteiger partial charge is 0.201 e. The van der Waals surface area contributed by atoms with Gasteiger partial charge in [0.15, 0.2) is 17.5 Å². The average molecular weight is 469 g/mol. The van der Waals surface area contributed by atoms with Crippen LogP contribution < -0.4 is 0 Å². The molecule has 0 bridgehead atoms. The van der Waals surface area contributed by atoms with Crippen molar-refractivity contribution in [3.8, 4) is 11.8 Å². The van der Waals surface area contributed by atoms with Crippen LogP contribution in [0.15, 0.2) is 58.9 Å². The Labute approximate surface area is 195 Å². The minimum atomic E-state index is -1.24. The van der Waals surface area contributed by atoms with Gasteiger partial charge in [-0.3, -0.25) is 0 Å². The van der Waals surface area contributed by atoms with Crippen LogP contribution in [0.5, 0.6) is 0 Å². The van der Waals surface area contributed by atoms with Crippen LogP contribution in [-0.2, 0) is 4.74 Å². The Kier molecular flexibility index (Phi) is 11.7. The van der Waals surface area contributed by atoms with Gasteiger partial charge >= 0.3 is 0 Å². The number of ether oxygens (including phenoxy) is 1. The standard InChI is InChI=1S/C27H36F4O2/c1-16(9-11-19(4)24(28)25(29)21(6)33-7)8-10-17(2)22-14-15-23(27(31)26(22)30)18(3)12-13-20(5)32/h16-18,20,32H,4,6,8,10,12-15H2,1-3,5,7H3/b25-24-. The van der Waals surface area contributed by atoms with E-state index in [1.807, 2.05) is 20.8 Å². The fourth-order valence-corrected chi connectivity index (χ4v) is 3.72. The molecule has 0 radical (unpaired) electrons. The summed E-state index contributed by atoms with van der Waals surface area (Å²) in [5.74, 6) is 0.453. The highest BCUT2D eigenvalue weighted by atomic mass is 19.2. The van der Waals surface area contributed by atoms with E-state index in [0.717, 1.165) is 0 Å². The lowest BCUT2D eigenvalue weighted by Crippen LogP contribution is -2.14. The van der Waals surface area contributed by atoms with E-state index in [0.29, 0.717) is 49.7 Å². The van der Waals surface area contributed by atoms with Crippen LogP contribution >= 0.6 is 0 Å². The van der Waals surface area contributed by atoms with Gasteiger partial charge in [0.1, 0.15) is 5.76 Å². The molecule has 0 amide bonds. The molecule has 2 nitrogen and oxygen atoms in total. The molecule has 33 heavy (non-hydrogen) atoms. The molecule has 6 heteroatoms. The molecule has 1 rings (SSSR count). The summed E-state index contributed by atoms with van der Waals surface area (Å²) in [7, 11) is 1.18. The summed E-state index contributed by atoms with van der Waals surface area (Å²) < 4.78 is 61.7. The van der Waals surface area contributed by atoms with E-state index in [2.05, 4.69) is 29.7 Å². The van der Waals surface area contributed by atoms with Crippen LogP contribution in [0, 0.1) is 29.6 Å². The number of hydrogen-bond acceptors (Lipinski definition) is 2. The van der Waals surface area contributed by atoms with E-state index in [4.69, 9.17) is 0 Å². The number of aliphatic hydroxyl groups is 1. The maximum Gasteiger partial charge on any atom is 0.201 e. The molecule has 1 N–H and O–H groups in total. The quantitative estimate of drug-likeness (QED) is 0.144. The van der Waals surface area contributed by atoms with Gasteiger partial charge in [0.2, 0.25) is 5.83 Å². The lowest BCUT2D eigenvalue weighted by atomic mass is 9.81. The van der Waals surface area contributed by atoms with Gasteiger partial charge in [-0.1, -0.05) is 45.8 Å². The molecule has 184 valence electrons. The van der Waals surface area contributed by atoms with Gasteiger partial charge in [0.25, 0.3) is 0 Å². The molecule has 0 aromatic heterocycles. The minimum Gasteiger partial charge on any atom is -0.494 e. The Morgan fingerprint density at radius 2 is 1.39 bits per heavy atom. The third-order valence-electron chi connectivity index (χ3n) is 6.08. The number of methoxy groups -OCH3 is 1. The molecule has 0 saturated heterocycles. The van der Waals surface area contributed by atoms with E-state index in [9.17, 15) is 22.7 Å². The van der Waals surface area contributed by atoms with E-state index in [1.54, 1.807) is 6.92 Å². The van der Waals surface area contributed by atoms with Gasteiger partial charge < -0.3 is 9.84 Å². The second-order valence-electron chi connectivity index (χ2n) is 8.89. The SMILES string of the molecule is C=C(C#CC(C)CCC(C)C1=C(F)C(F)=C(C(C)CCC(C)O)CC1)/C(F)=C(/F)C(=C)OC. The number of aliphatic hydroxyl groups excluding tert-OH is 1. The van der Waals surface area contributed by atoms with Crippen molar-refractivity contribution in [2.24, 2.45) is 17.8 Å². The van der Waals surface area contributed by atoms with Crippen molar-refractivity contribution in [2.45, 2.75) is 72.3 Å². The summed E-state index contributed by atoms with van der Waals surface area (Å²) in [5.41, 5.74) is 0.647. The highest BCUT2D eigenvalue weighted by molar-refractivity contribution is 5.44. The molecule has 4 atom stereocenters. The number of hydrogen-bond donors (Lipinski definition) is 1. The lowest BCUT2D eigenvalue weighted by Gasteiger charge is -2.26. The van der Waals surface area contributed by atoms with Crippen LogP contribution in [0.4, 0.5) is 17.6 Å². The molecular formula is C27H36F4O2. The zero-order chi connectivity index (χ0) is 25.3. The summed E-state index contributed by atoms with van der Waals surface area (Å²) in [4.78, 5) is 0. The lowest BCUT2D eigenvalue weighted by molar-refractivity contribution is 0.176. The first-order chi connectivity index (χ1) is 15.4. The van der Waals surface area contributed by atoms with Gasteiger partial charge in [-0.2, -0.15) is 4.39 Å². The molecule has 4 unspecified atom stereocenters. The van der Waals surface area contributed by atoms with Crippen molar-refractivity contribution in [1.29, 1.82) is 0 Å². The summed E-state index contributed by atoms with van der Waals surface area (Å²) in [6.45, 7) is 13.9. The summed E-state index contributed by atoms with van der Waals surface area (Å²) in [6.07, 6.45) is 2.79. The van der Waals surface area contributed by atoms with Gasteiger partial charge in [-0.15, -0.1) is 0 Å². The Hall–Kier alpha value is -2.26. The van der Waals surface area contributed by atoms with Crippen molar-refractivity contribution in [2.75, 3.05) is 7.11 Å². The maximum atomic E-state index is 14.8.